The zero-order chi connectivity index (χ0) is 36.5. The monoisotopic (exact) mass is 694 g/mol. The molecule has 1 unspecified atom stereocenters. The molecule has 0 saturated carbocycles. The van der Waals surface area contributed by atoms with E-state index in [0.717, 1.165) is 6.42 Å². The number of fused-ring (bicyclic) bond motifs is 6. The molecule has 2 heteroatoms. The van der Waals surface area contributed by atoms with Crippen LogP contribution in [0.1, 0.15) is 50.1 Å². The molecule has 0 radical (unpaired) electrons. The lowest BCUT2D eigenvalue weighted by molar-refractivity contribution is 0.590. The van der Waals surface area contributed by atoms with Gasteiger partial charge in [-0.3, -0.25) is 0 Å². The van der Waals surface area contributed by atoms with E-state index in [1.165, 1.54) is 110 Å². The highest BCUT2D eigenvalue weighted by Crippen LogP contribution is 2.47. The minimum absolute atomic E-state index is 0.0849. The molecule has 1 aliphatic carbocycles. The third-order valence-corrected chi connectivity index (χ3v) is 12.2. The first-order valence-electron chi connectivity index (χ1n) is 19.4. The van der Waals surface area contributed by atoms with E-state index in [9.17, 15) is 0 Å². The van der Waals surface area contributed by atoms with Crippen molar-refractivity contribution in [1.82, 2.24) is 9.13 Å². The maximum atomic E-state index is 2.60. The Morgan fingerprint density at radius 3 is 2.02 bits per heavy atom. The number of nitrogens with zero attached hydrogens (tertiary/aromatic N) is 2. The quantitative estimate of drug-likeness (QED) is 0.163. The van der Waals surface area contributed by atoms with Crippen LogP contribution in [0.5, 0.6) is 0 Å². The average Bonchev–Trinajstić information content (AvgIpc) is 3.68. The Morgan fingerprint density at radius 1 is 0.556 bits per heavy atom. The van der Waals surface area contributed by atoms with Crippen molar-refractivity contribution in [2.24, 2.45) is 5.92 Å². The fourth-order valence-electron chi connectivity index (χ4n) is 9.59. The van der Waals surface area contributed by atoms with Crippen molar-refractivity contribution in [2.75, 3.05) is 0 Å². The van der Waals surface area contributed by atoms with Crippen molar-refractivity contribution in [2.45, 2.75) is 46.5 Å². The summed E-state index contributed by atoms with van der Waals surface area (Å²) in [6, 6.07) is 50.8. The maximum Gasteiger partial charge on any atom is 0.0544 e. The van der Waals surface area contributed by atoms with Gasteiger partial charge in [-0.05, 0) is 93.9 Å². The number of hydrogen-bond acceptors (Lipinski definition) is 0. The number of aryl methyl sites for hydroxylation is 1. The smallest absolute Gasteiger partial charge is 0.0544 e. The average molecular weight is 695 g/mol. The van der Waals surface area contributed by atoms with Crippen LogP contribution in [0.15, 0.2) is 140 Å². The van der Waals surface area contributed by atoms with E-state index in [4.69, 9.17) is 0 Å². The third-order valence-electron chi connectivity index (χ3n) is 12.2. The van der Waals surface area contributed by atoms with Crippen LogP contribution < -0.4 is 0 Å². The number of allylic oxidation sites excluding steroid dienone is 1. The zero-order valence-corrected chi connectivity index (χ0v) is 31.5. The summed E-state index contributed by atoms with van der Waals surface area (Å²) in [5.74, 6) is 0.474. The molecule has 1 aliphatic rings. The van der Waals surface area contributed by atoms with Crippen molar-refractivity contribution in [1.29, 1.82) is 0 Å². The molecule has 0 fully saturated rings. The molecule has 0 aliphatic heterocycles. The first-order chi connectivity index (χ1) is 26.2. The third kappa shape index (κ3) is 4.40. The van der Waals surface area contributed by atoms with Crippen molar-refractivity contribution in [3.8, 4) is 22.5 Å². The first kappa shape index (κ1) is 31.4. The molecule has 2 aromatic heterocycles. The second-order valence-corrected chi connectivity index (χ2v) is 16.7. The minimum atomic E-state index is 0.0849. The zero-order valence-electron chi connectivity index (χ0n) is 31.5. The number of rotatable bonds is 3. The van der Waals surface area contributed by atoms with Gasteiger partial charge in [0.1, 0.15) is 0 Å². The summed E-state index contributed by atoms with van der Waals surface area (Å²) in [6.07, 6.45) is 5.75. The van der Waals surface area contributed by atoms with Crippen molar-refractivity contribution in [3.63, 3.8) is 0 Å². The van der Waals surface area contributed by atoms with E-state index in [-0.39, 0.29) is 5.41 Å². The van der Waals surface area contributed by atoms with Gasteiger partial charge in [-0.2, -0.15) is 0 Å². The molecule has 0 amide bonds. The van der Waals surface area contributed by atoms with Crippen LogP contribution >= 0.6 is 0 Å². The van der Waals surface area contributed by atoms with Crippen LogP contribution in [-0.4, -0.2) is 9.13 Å². The molecule has 1 atom stereocenters. The van der Waals surface area contributed by atoms with Crippen molar-refractivity contribution >= 4 is 71.1 Å². The summed E-state index contributed by atoms with van der Waals surface area (Å²) in [5, 5.41) is 11.7. The van der Waals surface area contributed by atoms with Crippen LogP contribution in [0.2, 0.25) is 0 Å². The predicted molar refractivity (Wildman–Crippen MR) is 232 cm³/mol. The Bertz CT molecular complexity index is 3180. The van der Waals surface area contributed by atoms with Gasteiger partial charge in [-0.25, -0.2) is 0 Å². The van der Waals surface area contributed by atoms with Crippen LogP contribution in [0, 0.1) is 12.8 Å². The number of aromatic nitrogens is 2. The van der Waals surface area contributed by atoms with Gasteiger partial charge in [0.05, 0.1) is 27.9 Å². The SMILES string of the molecule is Cc1ccc2c(c1)c1ccccc1n2-c1ccc2ccc3c(-n4c5c(c6ccccc64)C=CC(C)C5)cc(-c4ccc(C(C)(C)C)cc4)c4ccc1c2c43. The van der Waals surface area contributed by atoms with Gasteiger partial charge in [0.25, 0.3) is 0 Å². The van der Waals surface area contributed by atoms with E-state index in [1.807, 2.05) is 0 Å². The van der Waals surface area contributed by atoms with Crippen LogP contribution in [0.4, 0.5) is 0 Å². The van der Waals surface area contributed by atoms with Gasteiger partial charge >= 0.3 is 0 Å². The standard InChI is InChI=1S/C52H42N2/c1-31-15-26-47-43(28-31)37-11-7-9-13-45(37)53(47)46-27-19-34-18-23-41-49(54-44-12-8-6-10-36(44)38-22-14-32(2)29-48(38)54)30-42(39-24-25-40(46)50(34)51(39)41)33-16-20-35(21-17-33)52(3,4)5/h6-28,30,32H,29H2,1-5H3. The van der Waals surface area contributed by atoms with Crippen LogP contribution in [0.3, 0.4) is 0 Å². The van der Waals surface area contributed by atoms with Crippen molar-refractivity contribution < 1.29 is 0 Å². The lowest BCUT2D eigenvalue weighted by Gasteiger charge is -2.23. The predicted octanol–water partition coefficient (Wildman–Crippen LogP) is 14.1. The highest BCUT2D eigenvalue weighted by Gasteiger charge is 2.25. The van der Waals surface area contributed by atoms with E-state index in [1.54, 1.807) is 0 Å². The fourth-order valence-corrected chi connectivity index (χ4v) is 9.59. The van der Waals surface area contributed by atoms with Gasteiger partial charge < -0.3 is 9.13 Å². The normalized spacial score (nSPS) is 14.8. The molecule has 0 bridgehead atoms. The molecule has 2 nitrogen and oxygen atoms in total. The summed E-state index contributed by atoms with van der Waals surface area (Å²) in [6.45, 7) is 11.4. The second kappa shape index (κ2) is 11.2. The molecule has 0 N–H and O–H groups in total. The van der Waals surface area contributed by atoms with E-state index in [0.29, 0.717) is 5.92 Å². The summed E-state index contributed by atoms with van der Waals surface area (Å²) in [5.41, 5.74) is 14.2. The first-order valence-corrected chi connectivity index (χ1v) is 19.4. The van der Waals surface area contributed by atoms with E-state index >= 15 is 0 Å². The lowest BCUT2D eigenvalue weighted by atomic mass is 9.85. The Hall–Kier alpha value is -6.12. The summed E-state index contributed by atoms with van der Waals surface area (Å²) >= 11 is 0. The minimum Gasteiger partial charge on any atom is -0.312 e. The van der Waals surface area contributed by atoms with Gasteiger partial charge in [0, 0.05) is 43.6 Å². The Kier molecular flexibility index (Phi) is 6.51. The van der Waals surface area contributed by atoms with E-state index in [2.05, 4.69) is 189 Å². The molecule has 8 aromatic carbocycles. The highest BCUT2D eigenvalue weighted by molar-refractivity contribution is 6.29. The molecular weight excluding hydrogens is 653 g/mol. The van der Waals surface area contributed by atoms with Crippen molar-refractivity contribution in [3.05, 3.63) is 162 Å². The maximum absolute atomic E-state index is 2.60. The molecule has 0 spiro atoms. The summed E-state index contributed by atoms with van der Waals surface area (Å²) < 4.78 is 5.09. The Balaban J connectivity index is 1.29. The number of para-hydroxylation sites is 2. The molecule has 2 heterocycles. The molecule has 54 heavy (non-hydrogen) atoms. The molecule has 10 aromatic rings. The second-order valence-electron chi connectivity index (χ2n) is 16.7. The van der Waals surface area contributed by atoms with Gasteiger partial charge in [0.15, 0.2) is 0 Å². The fraction of sp³-hybridized carbons (Fsp3) is 0.154. The summed E-state index contributed by atoms with van der Waals surface area (Å²) in [7, 11) is 0. The molecule has 260 valence electrons. The van der Waals surface area contributed by atoms with E-state index < -0.39 is 0 Å². The Morgan fingerprint density at radius 2 is 1.22 bits per heavy atom. The van der Waals surface area contributed by atoms with Gasteiger partial charge in [-0.1, -0.05) is 142 Å². The molecule has 11 rings (SSSR count). The van der Waals surface area contributed by atoms with Crippen LogP contribution in [-0.2, 0) is 11.8 Å². The van der Waals surface area contributed by atoms with Gasteiger partial charge in [-0.15, -0.1) is 0 Å². The number of hydrogen-bond donors (Lipinski definition) is 0. The molecular formula is C52H42N2. The Labute approximate surface area is 315 Å². The van der Waals surface area contributed by atoms with Crippen LogP contribution in [0.25, 0.3) is 93.6 Å². The largest absolute Gasteiger partial charge is 0.312 e. The molecule has 0 saturated heterocycles. The highest BCUT2D eigenvalue weighted by atomic mass is 15.0. The lowest BCUT2D eigenvalue weighted by Crippen LogP contribution is -2.10. The van der Waals surface area contributed by atoms with Gasteiger partial charge in [0.2, 0.25) is 0 Å². The number of benzene rings is 8. The topological polar surface area (TPSA) is 9.86 Å². The summed E-state index contributed by atoms with van der Waals surface area (Å²) in [4.78, 5) is 0.